The summed E-state index contributed by atoms with van der Waals surface area (Å²) in [5, 5.41) is 3.19. The predicted octanol–water partition coefficient (Wildman–Crippen LogP) is 3.64. The SMILES string of the molecule is CNCCC(C)CCc1cc(OC)c(Br)cc1OC. The molecule has 0 aliphatic carbocycles. The van der Waals surface area contributed by atoms with Crippen molar-refractivity contribution in [1.82, 2.24) is 5.32 Å². The third-order valence-electron chi connectivity index (χ3n) is 3.35. The number of methoxy groups -OCH3 is 2. The molecule has 0 aliphatic heterocycles. The van der Waals surface area contributed by atoms with Gasteiger partial charge >= 0.3 is 0 Å². The summed E-state index contributed by atoms with van der Waals surface area (Å²) in [5.41, 5.74) is 1.21. The van der Waals surface area contributed by atoms with Crippen LogP contribution in [0.3, 0.4) is 0 Å². The third-order valence-corrected chi connectivity index (χ3v) is 3.97. The lowest BCUT2D eigenvalue weighted by Crippen LogP contribution is -2.12. The van der Waals surface area contributed by atoms with E-state index in [2.05, 4.69) is 34.2 Å². The van der Waals surface area contributed by atoms with Gasteiger partial charge in [-0.25, -0.2) is 0 Å². The molecule has 0 heterocycles. The minimum Gasteiger partial charge on any atom is -0.496 e. The molecule has 1 unspecified atom stereocenters. The van der Waals surface area contributed by atoms with E-state index < -0.39 is 0 Å². The van der Waals surface area contributed by atoms with Crippen LogP contribution < -0.4 is 14.8 Å². The molecule has 1 atom stereocenters. The summed E-state index contributed by atoms with van der Waals surface area (Å²) in [6, 6.07) is 4.04. The first-order valence-corrected chi connectivity index (χ1v) is 7.46. The zero-order chi connectivity index (χ0) is 14.3. The van der Waals surface area contributed by atoms with Gasteiger partial charge in [0, 0.05) is 0 Å². The van der Waals surface area contributed by atoms with Gasteiger partial charge in [0.05, 0.1) is 18.7 Å². The molecular formula is C15H24BrNO2. The quantitative estimate of drug-likeness (QED) is 0.789. The first-order valence-electron chi connectivity index (χ1n) is 6.67. The molecule has 0 saturated heterocycles. The second-order valence-electron chi connectivity index (χ2n) is 4.83. The van der Waals surface area contributed by atoms with Crippen molar-refractivity contribution < 1.29 is 9.47 Å². The molecule has 0 aliphatic rings. The Balaban J connectivity index is 2.70. The highest BCUT2D eigenvalue weighted by molar-refractivity contribution is 9.10. The minimum absolute atomic E-state index is 0.701. The summed E-state index contributed by atoms with van der Waals surface area (Å²) < 4.78 is 11.7. The number of nitrogens with one attached hydrogen (secondary N) is 1. The van der Waals surface area contributed by atoms with Gasteiger partial charge < -0.3 is 14.8 Å². The maximum Gasteiger partial charge on any atom is 0.133 e. The van der Waals surface area contributed by atoms with Crippen LogP contribution in [0, 0.1) is 5.92 Å². The highest BCUT2D eigenvalue weighted by Crippen LogP contribution is 2.33. The monoisotopic (exact) mass is 329 g/mol. The van der Waals surface area contributed by atoms with Crippen molar-refractivity contribution in [3.05, 3.63) is 22.2 Å². The van der Waals surface area contributed by atoms with E-state index in [1.807, 2.05) is 13.1 Å². The maximum atomic E-state index is 5.44. The van der Waals surface area contributed by atoms with Gasteiger partial charge in [0.15, 0.2) is 0 Å². The van der Waals surface area contributed by atoms with Crippen LogP contribution in [0.2, 0.25) is 0 Å². The summed E-state index contributed by atoms with van der Waals surface area (Å²) in [6.07, 6.45) is 3.37. The number of hydrogen-bond donors (Lipinski definition) is 1. The Kier molecular flexibility index (Phi) is 7.24. The highest BCUT2D eigenvalue weighted by Gasteiger charge is 2.11. The molecule has 1 rings (SSSR count). The Hall–Kier alpha value is -0.740. The fourth-order valence-electron chi connectivity index (χ4n) is 2.06. The topological polar surface area (TPSA) is 30.5 Å². The van der Waals surface area contributed by atoms with Crippen LogP contribution >= 0.6 is 15.9 Å². The second kappa shape index (κ2) is 8.43. The molecule has 19 heavy (non-hydrogen) atoms. The van der Waals surface area contributed by atoms with E-state index in [1.54, 1.807) is 14.2 Å². The lowest BCUT2D eigenvalue weighted by atomic mass is 9.97. The van der Waals surface area contributed by atoms with Crippen molar-refractivity contribution in [1.29, 1.82) is 0 Å². The zero-order valence-electron chi connectivity index (χ0n) is 12.3. The Morgan fingerprint density at radius 3 is 2.42 bits per heavy atom. The van der Waals surface area contributed by atoms with Crippen molar-refractivity contribution in [3.63, 3.8) is 0 Å². The van der Waals surface area contributed by atoms with Gasteiger partial charge in [0.25, 0.3) is 0 Å². The lowest BCUT2D eigenvalue weighted by Gasteiger charge is -2.15. The Labute approximate surface area is 124 Å². The fourth-order valence-corrected chi connectivity index (χ4v) is 2.54. The molecule has 3 nitrogen and oxygen atoms in total. The van der Waals surface area contributed by atoms with Crippen LogP contribution in [0.25, 0.3) is 0 Å². The standard InChI is InChI=1S/C15H24BrNO2/c1-11(7-8-17-2)5-6-12-9-15(19-4)13(16)10-14(12)18-3/h9-11,17H,5-8H2,1-4H3. The average Bonchev–Trinajstić information content (AvgIpc) is 2.43. The van der Waals surface area contributed by atoms with Crippen LogP contribution in [-0.2, 0) is 6.42 Å². The maximum absolute atomic E-state index is 5.44. The second-order valence-corrected chi connectivity index (χ2v) is 5.69. The number of hydrogen-bond acceptors (Lipinski definition) is 3. The van der Waals surface area contributed by atoms with E-state index in [4.69, 9.17) is 9.47 Å². The van der Waals surface area contributed by atoms with Crippen molar-refractivity contribution in [2.24, 2.45) is 5.92 Å². The number of halogens is 1. The number of ether oxygens (including phenoxy) is 2. The molecule has 0 bridgehead atoms. The van der Waals surface area contributed by atoms with Gasteiger partial charge in [-0.05, 0) is 72.4 Å². The van der Waals surface area contributed by atoms with Crippen molar-refractivity contribution >= 4 is 15.9 Å². The summed E-state index contributed by atoms with van der Waals surface area (Å²) in [5.74, 6) is 2.49. The van der Waals surface area contributed by atoms with Crippen molar-refractivity contribution in [2.45, 2.75) is 26.2 Å². The van der Waals surface area contributed by atoms with E-state index >= 15 is 0 Å². The predicted molar refractivity (Wildman–Crippen MR) is 83.3 cm³/mol. The molecule has 4 heteroatoms. The van der Waals surface area contributed by atoms with Gasteiger partial charge in [0.1, 0.15) is 11.5 Å². The van der Waals surface area contributed by atoms with Crippen LogP contribution in [0.4, 0.5) is 0 Å². The Morgan fingerprint density at radius 1 is 1.16 bits per heavy atom. The molecule has 1 aromatic rings. The molecule has 1 N–H and O–H groups in total. The van der Waals surface area contributed by atoms with Crippen LogP contribution in [0.5, 0.6) is 11.5 Å². The van der Waals surface area contributed by atoms with Gasteiger partial charge in [-0.3, -0.25) is 0 Å². The van der Waals surface area contributed by atoms with Crippen molar-refractivity contribution in [2.75, 3.05) is 27.8 Å². The molecule has 0 fully saturated rings. The number of benzene rings is 1. The highest BCUT2D eigenvalue weighted by atomic mass is 79.9. The zero-order valence-corrected chi connectivity index (χ0v) is 13.8. The molecule has 0 aromatic heterocycles. The molecule has 0 saturated carbocycles. The van der Waals surface area contributed by atoms with E-state index in [0.29, 0.717) is 5.92 Å². The molecule has 0 amide bonds. The van der Waals surface area contributed by atoms with Crippen molar-refractivity contribution in [3.8, 4) is 11.5 Å². The molecule has 108 valence electrons. The lowest BCUT2D eigenvalue weighted by molar-refractivity contribution is 0.393. The number of rotatable bonds is 8. The summed E-state index contributed by atoms with van der Waals surface area (Å²) in [4.78, 5) is 0. The largest absolute Gasteiger partial charge is 0.496 e. The summed E-state index contributed by atoms with van der Waals surface area (Å²) >= 11 is 3.48. The minimum atomic E-state index is 0.701. The summed E-state index contributed by atoms with van der Waals surface area (Å²) in [7, 11) is 5.39. The first kappa shape index (κ1) is 16.3. The van der Waals surface area contributed by atoms with Gasteiger partial charge in [0.2, 0.25) is 0 Å². The van der Waals surface area contributed by atoms with Crippen LogP contribution in [-0.4, -0.2) is 27.8 Å². The van der Waals surface area contributed by atoms with E-state index in [-0.39, 0.29) is 0 Å². The van der Waals surface area contributed by atoms with E-state index in [1.165, 1.54) is 12.0 Å². The van der Waals surface area contributed by atoms with Gasteiger partial charge in [-0.2, -0.15) is 0 Å². The van der Waals surface area contributed by atoms with E-state index in [0.717, 1.165) is 35.4 Å². The molecule has 0 spiro atoms. The third kappa shape index (κ3) is 5.03. The normalized spacial score (nSPS) is 12.3. The molecule has 0 radical (unpaired) electrons. The fraction of sp³-hybridized carbons (Fsp3) is 0.600. The van der Waals surface area contributed by atoms with E-state index in [9.17, 15) is 0 Å². The van der Waals surface area contributed by atoms with Crippen LogP contribution in [0.1, 0.15) is 25.3 Å². The summed E-state index contributed by atoms with van der Waals surface area (Å²) in [6.45, 7) is 3.36. The van der Waals surface area contributed by atoms with Crippen LogP contribution in [0.15, 0.2) is 16.6 Å². The average molecular weight is 330 g/mol. The first-order chi connectivity index (χ1) is 9.12. The smallest absolute Gasteiger partial charge is 0.133 e. The Bertz CT molecular complexity index is 396. The van der Waals surface area contributed by atoms with Gasteiger partial charge in [-0.15, -0.1) is 0 Å². The Morgan fingerprint density at radius 2 is 1.84 bits per heavy atom. The molecular weight excluding hydrogens is 306 g/mol. The molecule has 1 aromatic carbocycles. The van der Waals surface area contributed by atoms with Gasteiger partial charge in [-0.1, -0.05) is 6.92 Å². The number of aryl methyl sites for hydroxylation is 1.